The summed E-state index contributed by atoms with van der Waals surface area (Å²) >= 11 is 0. The molecule has 31 heavy (non-hydrogen) atoms. The van der Waals surface area contributed by atoms with Crippen LogP contribution >= 0.6 is 0 Å². The predicted octanol–water partition coefficient (Wildman–Crippen LogP) is 4.06. The van der Waals surface area contributed by atoms with Crippen LogP contribution in [0.5, 0.6) is 0 Å². The van der Waals surface area contributed by atoms with E-state index in [9.17, 15) is 0 Å². The van der Waals surface area contributed by atoms with Crippen LogP contribution in [0, 0.1) is 0 Å². The summed E-state index contributed by atoms with van der Waals surface area (Å²) in [5, 5.41) is 0. The van der Waals surface area contributed by atoms with Crippen molar-refractivity contribution in [1.82, 2.24) is 0 Å². The molecule has 3 aromatic carbocycles. The topological polar surface area (TPSA) is 62.9 Å². The molecule has 0 unspecified atom stereocenters. The second-order valence-electron chi connectivity index (χ2n) is 7.66. The molecule has 0 aliphatic carbocycles. The normalized spacial score (nSPS) is 23.1. The fourth-order valence-electron chi connectivity index (χ4n) is 3.68. The highest BCUT2D eigenvalue weighted by Gasteiger charge is 2.44. The Kier molecular flexibility index (Phi) is 7.82. The second kappa shape index (κ2) is 11.2. The van der Waals surface area contributed by atoms with Gasteiger partial charge in [0.1, 0.15) is 24.5 Å². The molecule has 1 aliphatic rings. The van der Waals surface area contributed by atoms with Gasteiger partial charge in [-0.05, 0) is 16.7 Å². The van der Waals surface area contributed by atoms with Crippen LogP contribution in [0.2, 0.25) is 0 Å². The lowest BCUT2D eigenvalue weighted by molar-refractivity contribution is -0.0897. The SMILES string of the molecule is N[C@@H]1O[C@H](COCc2ccccc2)[C@@H](OCc2ccccc2)[C@H]1OCc1ccccc1. The van der Waals surface area contributed by atoms with Gasteiger partial charge in [-0.3, -0.25) is 0 Å². The van der Waals surface area contributed by atoms with E-state index in [4.69, 9.17) is 24.7 Å². The quantitative estimate of drug-likeness (QED) is 0.537. The van der Waals surface area contributed by atoms with Crippen LogP contribution in [0.15, 0.2) is 91.0 Å². The standard InChI is InChI=1S/C26H29NO4/c27-26-25(30-18-22-14-8-3-9-15-22)24(29-17-21-12-6-2-7-13-21)23(31-26)19-28-16-20-10-4-1-5-11-20/h1-15,23-26H,16-19,27H2/t23-,24-,25-,26-/m1/s1. The van der Waals surface area contributed by atoms with Crippen molar-refractivity contribution in [3.05, 3.63) is 108 Å². The van der Waals surface area contributed by atoms with Gasteiger partial charge >= 0.3 is 0 Å². The van der Waals surface area contributed by atoms with Gasteiger partial charge in [-0.15, -0.1) is 0 Å². The Balaban J connectivity index is 1.39. The maximum atomic E-state index is 6.29. The third-order valence-corrected chi connectivity index (χ3v) is 5.31. The van der Waals surface area contributed by atoms with Crippen molar-refractivity contribution in [2.24, 2.45) is 5.73 Å². The molecule has 1 aliphatic heterocycles. The Morgan fingerprint density at radius 2 is 1.06 bits per heavy atom. The van der Waals surface area contributed by atoms with Gasteiger partial charge in [-0.2, -0.15) is 0 Å². The zero-order valence-corrected chi connectivity index (χ0v) is 17.5. The zero-order chi connectivity index (χ0) is 21.3. The van der Waals surface area contributed by atoms with Gasteiger partial charge in [0.15, 0.2) is 0 Å². The number of ether oxygens (including phenoxy) is 4. The second-order valence-corrected chi connectivity index (χ2v) is 7.66. The maximum Gasteiger partial charge on any atom is 0.135 e. The summed E-state index contributed by atoms with van der Waals surface area (Å²) in [6.07, 6.45) is -1.58. The maximum absolute atomic E-state index is 6.29. The average molecular weight is 420 g/mol. The molecule has 1 saturated heterocycles. The van der Waals surface area contributed by atoms with E-state index in [0.717, 1.165) is 16.7 Å². The lowest BCUT2D eigenvalue weighted by atomic mass is 10.1. The van der Waals surface area contributed by atoms with Crippen molar-refractivity contribution in [3.8, 4) is 0 Å². The third kappa shape index (κ3) is 6.23. The Bertz CT molecular complexity index is 891. The molecule has 3 aromatic rings. The van der Waals surface area contributed by atoms with E-state index in [2.05, 4.69) is 0 Å². The molecule has 0 amide bonds. The minimum absolute atomic E-state index is 0.303. The molecule has 0 aromatic heterocycles. The van der Waals surface area contributed by atoms with Gasteiger partial charge in [-0.1, -0.05) is 91.0 Å². The molecule has 0 bridgehead atoms. The van der Waals surface area contributed by atoms with Gasteiger partial charge < -0.3 is 24.7 Å². The van der Waals surface area contributed by atoms with Crippen molar-refractivity contribution in [2.75, 3.05) is 6.61 Å². The van der Waals surface area contributed by atoms with E-state index in [1.165, 1.54) is 0 Å². The van der Waals surface area contributed by atoms with Crippen LogP contribution in [-0.4, -0.2) is 31.1 Å². The molecular formula is C26H29NO4. The molecule has 162 valence electrons. The van der Waals surface area contributed by atoms with E-state index >= 15 is 0 Å². The van der Waals surface area contributed by atoms with Crippen molar-refractivity contribution < 1.29 is 18.9 Å². The van der Waals surface area contributed by atoms with Gasteiger partial charge in [0, 0.05) is 0 Å². The van der Waals surface area contributed by atoms with Gasteiger partial charge in [0.05, 0.1) is 26.4 Å². The highest BCUT2D eigenvalue weighted by Crippen LogP contribution is 2.27. The van der Waals surface area contributed by atoms with E-state index in [1.54, 1.807) is 0 Å². The fourth-order valence-corrected chi connectivity index (χ4v) is 3.68. The van der Waals surface area contributed by atoms with Crippen LogP contribution in [0.3, 0.4) is 0 Å². The molecule has 5 heteroatoms. The molecule has 0 spiro atoms. The van der Waals surface area contributed by atoms with E-state index in [-0.39, 0.29) is 18.3 Å². The largest absolute Gasteiger partial charge is 0.374 e. The smallest absolute Gasteiger partial charge is 0.135 e. The fraction of sp³-hybridized carbons (Fsp3) is 0.308. The first-order valence-electron chi connectivity index (χ1n) is 10.6. The average Bonchev–Trinajstić information content (AvgIpc) is 3.12. The molecule has 1 fully saturated rings. The molecule has 0 radical (unpaired) electrons. The van der Waals surface area contributed by atoms with Gasteiger partial charge in [0.2, 0.25) is 0 Å². The van der Waals surface area contributed by atoms with Crippen molar-refractivity contribution >= 4 is 0 Å². The lowest BCUT2D eigenvalue weighted by Crippen LogP contribution is -2.41. The first-order chi connectivity index (χ1) is 15.3. The molecule has 5 nitrogen and oxygen atoms in total. The minimum Gasteiger partial charge on any atom is -0.374 e. The summed E-state index contributed by atoms with van der Waals surface area (Å²) in [5.74, 6) is 0. The third-order valence-electron chi connectivity index (χ3n) is 5.31. The number of hydrogen-bond acceptors (Lipinski definition) is 5. The Morgan fingerprint density at radius 1 is 0.613 bits per heavy atom. The Hall–Kier alpha value is -2.54. The van der Waals surface area contributed by atoms with Gasteiger partial charge in [0.25, 0.3) is 0 Å². The van der Waals surface area contributed by atoms with Gasteiger partial charge in [-0.25, -0.2) is 0 Å². The number of nitrogens with two attached hydrogens (primary N) is 1. The molecule has 2 N–H and O–H groups in total. The highest BCUT2D eigenvalue weighted by atomic mass is 16.6. The summed E-state index contributed by atoms with van der Waals surface area (Å²) in [4.78, 5) is 0. The minimum atomic E-state index is -0.574. The number of rotatable bonds is 10. The van der Waals surface area contributed by atoms with Crippen LogP contribution in [0.25, 0.3) is 0 Å². The zero-order valence-electron chi connectivity index (χ0n) is 17.5. The molecule has 4 rings (SSSR count). The lowest BCUT2D eigenvalue weighted by Gasteiger charge is -2.24. The summed E-state index contributed by atoms with van der Waals surface area (Å²) in [5.41, 5.74) is 9.58. The monoisotopic (exact) mass is 419 g/mol. The molecule has 4 atom stereocenters. The summed E-state index contributed by atoms with van der Waals surface area (Å²) in [6.45, 7) is 1.80. The first kappa shape index (κ1) is 21.7. The highest BCUT2D eigenvalue weighted by molar-refractivity contribution is 5.15. The summed E-state index contributed by atoms with van der Waals surface area (Å²) in [6, 6.07) is 30.2. The summed E-state index contributed by atoms with van der Waals surface area (Å²) < 4.78 is 24.4. The molecule has 1 heterocycles. The number of benzene rings is 3. The van der Waals surface area contributed by atoms with Crippen LogP contribution < -0.4 is 5.73 Å². The van der Waals surface area contributed by atoms with E-state index < -0.39 is 6.23 Å². The Morgan fingerprint density at radius 3 is 1.58 bits per heavy atom. The Labute approximate surface area is 183 Å². The van der Waals surface area contributed by atoms with Crippen LogP contribution in [0.4, 0.5) is 0 Å². The van der Waals surface area contributed by atoms with Crippen molar-refractivity contribution in [3.63, 3.8) is 0 Å². The van der Waals surface area contributed by atoms with Crippen LogP contribution in [0.1, 0.15) is 16.7 Å². The predicted molar refractivity (Wildman–Crippen MR) is 119 cm³/mol. The summed E-state index contributed by atoms with van der Waals surface area (Å²) in [7, 11) is 0. The van der Waals surface area contributed by atoms with E-state index in [1.807, 2.05) is 91.0 Å². The van der Waals surface area contributed by atoms with Crippen molar-refractivity contribution in [2.45, 2.75) is 44.4 Å². The number of hydrogen-bond donors (Lipinski definition) is 1. The molecule has 0 saturated carbocycles. The molecular weight excluding hydrogens is 390 g/mol. The van der Waals surface area contributed by atoms with Crippen molar-refractivity contribution in [1.29, 1.82) is 0 Å². The van der Waals surface area contributed by atoms with Crippen LogP contribution in [-0.2, 0) is 38.8 Å². The first-order valence-corrected chi connectivity index (χ1v) is 10.6. The van der Waals surface area contributed by atoms with E-state index in [0.29, 0.717) is 26.4 Å².